The Morgan fingerprint density at radius 3 is 2.70 bits per heavy atom. The molecule has 20 heavy (non-hydrogen) atoms. The summed E-state index contributed by atoms with van der Waals surface area (Å²) in [5, 5.41) is 12.4. The fraction of sp³-hybridized carbons (Fsp3) is 0.600. The molecular weight excluding hydrogens is 256 g/mol. The summed E-state index contributed by atoms with van der Waals surface area (Å²) < 4.78 is 10.5. The Balaban J connectivity index is 2.73. The summed E-state index contributed by atoms with van der Waals surface area (Å²) >= 11 is 0. The standard InChI is InChI=1S/C15H26N2O3/c1-4-17(8-9-18)14-6-5-13(11-15(14)20-3)12-16-7-10-19-2/h5-6,11,16,18H,4,7-10,12H2,1-3H3. The molecule has 0 atom stereocenters. The zero-order valence-electron chi connectivity index (χ0n) is 12.7. The van der Waals surface area contributed by atoms with Crippen molar-refractivity contribution in [3.05, 3.63) is 23.8 Å². The summed E-state index contributed by atoms with van der Waals surface area (Å²) in [6.45, 7) is 5.96. The fourth-order valence-electron chi connectivity index (χ4n) is 2.07. The van der Waals surface area contributed by atoms with E-state index in [2.05, 4.69) is 23.2 Å². The van der Waals surface area contributed by atoms with Gasteiger partial charge in [0.15, 0.2) is 0 Å². The largest absolute Gasteiger partial charge is 0.495 e. The fourth-order valence-corrected chi connectivity index (χ4v) is 2.07. The van der Waals surface area contributed by atoms with Crippen molar-refractivity contribution in [2.45, 2.75) is 13.5 Å². The van der Waals surface area contributed by atoms with E-state index >= 15 is 0 Å². The lowest BCUT2D eigenvalue weighted by molar-refractivity contribution is 0.199. The molecule has 5 nitrogen and oxygen atoms in total. The van der Waals surface area contributed by atoms with Crippen LogP contribution < -0.4 is 15.0 Å². The maximum absolute atomic E-state index is 9.11. The van der Waals surface area contributed by atoms with Gasteiger partial charge < -0.3 is 24.8 Å². The molecule has 0 fully saturated rings. The van der Waals surface area contributed by atoms with E-state index in [-0.39, 0.29) is 6.61 Å². The molecule has 1 aromatic rings. The van der Waals surface area contributed by atoms with Crippen molar-refractivity contribution < 1.29 is 14.6 Å². The first-order valence-corrected chi connectivity index (χ1v) is 6.99. The quantitative estimate of drug-likeness (QED) is 0.633. The maximum atomic E-state index is 9.11. The van der Waals surface area contributed by atoms with Crippen molar-refractivity contribution >= 4 is 5.69 Å². The summed E-state index contributed by atoms with van der Waals surface area (Å²) in [5.74, 6) is 0.839. The van der Waals surface area contributed by atoms with Crippen LogP contribution in [0.3, 0.4) is 0 Å². The Morgan fingerprint density at radius 2 is 2.10 bits per heavy atom. The van der Waals surface area contributed by atoms with Gasteiger partial charge in [0.05, 0.1) is 26.0 Å². The summed E-state index contributed by atoms with van der Waals surface area (Å²) in [4.78, 5) is 2.10. The van der Waals surface area contributed by atoms with E-state index in [4.69, 9.17) is 14.6 Å². The molecule has 0 saturated carbocycles. The number of aliphatic hydroxyl groups excluding tert-OH is 1. The topological polar surface area (TPSA) is 54.0 Å². The normalized spacial score (nSPS) is 10.6. The van der Waals surface area contributed by atoms with E-state index in [1.54, 1.807) is 14.2 Å². The van der Waals surface area contributed by atoms with Crippen molar-refractivity contribution in [2.75, 3.05) is 52.0 Å². The van der Waals surface area contributed by atoms with Gasteiger partial charge in [-0.25, -0.2) is 0 Å². The third-order valence-electron chi connectivity index (χ3n) is 3.15. The van der Waals surface area contributed by atoms with Gasteiger partial charge in [0.2, 0.25) is 0 Å². The monoisotopic (exact) mass is 282 g/mol. The summed E-state index contributed by atoms with van der Waals surface area (Å²) in [7, 11) is 3.37. The minimum atomic E-state index is 0.136. The van der Waals surface area contributed by atoms with Crippen LogP contribution >= 0.6 is 0 Å². The molecule has 0 unspecified atom stereocenters. The van der Waals surface area contributed by atoms with Gasteiger partial charge in [-0.05, 0) is 24.6 Å². The van der Waals surface area contributed by atoms with Crippen LogP contribution in [0.25, 0.3) is 0 Å². The van der Waals surface area contributed by atoms with Gasteiger partial charge in [-0.15, -0.1) is 0 Å². The molecule has 0 radical (unpaired) electrons. The molecule has 0 saturated heterocycles. The lowest BCUT2D eigenvalue weighted by atomic mass is 10.1. The Bertz CT molecular complexity index is 385. The Hall–Kier alpha value is -1.30. The van der Waals surface area contributed by atoms with Crippen LogP contribution in [0.5, 0.6) is 5.75 Å². The number of benzene rings is 1. The highest BCUT2D eigenvalue weighted by Gasteiger charge is 2.10. The minimum Gasteiger partial charge on any atom is -0.495 e. The molecule has 0 heterocycles. The van der Waals surface area contributed by atoms with Gasteiger partial charge >= 0.3 is 0 Å². The molecule has 1 aromatic carbocycles. The molecule has 2 N–H and O–H groups in total. The molecular formula is C15H26N2O3. The lowest BCUT2D eigenvalue weighted by Gasteiger charge is -2.24. The highest BCUT2D eigenvalue weighted by atomic mass is 16.5. The highest BCUT2D eigenvalue weighted by Crippen LogP contribution is 2.29. The second-order valence-electron chi connectivity index (χ2n) is 4.48. The summed E-state index contributed by atoms with van der Waals surface area (Å²) in [5.41, 5.74) is 2.19. The second kappa shape index (κ2) is 9.58. The third-order valence-corrected chi connectivity index (χ3v) is 3.15. The first-order valence-electron chi connectivity index (χ1n) is 6.99. The number of hydrogen-bond donors (Lipinski definition) is 2. The maximum Gasteiger partial charge on any atom is 0.142 e. The first kappa shape index (κ1) is 16.8. The van der Waals surface area contributed by atoms with Crippen molar-refractivity contribution in [1.29, 1.82) is 0 Å². The number of rotatable bonds is 10. The Morgan fingerprint density at radius 1 is 1.30 bits per heavy atom. The predicted octanol–water partition coefficient (Wildman–Crippen LogP) is 1.25. The Kier molecular flexibility index (Phi) is 8.02. The first-order chi connectivity index (χ1) is 9.76. The van der Waals surface area contributed by atoms with Crippen LogP contribution in [0.15, 0.2) is 18.2 Å². The van der Waals surface area contributed by atoms with Crippen molar-refractivity contribution in [3.63, 3.8) is 0 Å². The summed E-state index contributed by atoms with van der Waals surface area (Å²) in [6, 6.07) is 6.16. The van der Waals surface area contributed by atoms with Crippen LogP contribution in [0.4, 0.5) is 5.69 Å². The number of nitrogens with zero attached hydrogens (tertiary/aromatic N) is 1. The van der Waals surface area contributed by atoms with Crippen molar-refractivity contribution in [3.8, 4) is 5.75 Å². The third kappa shape index (κ3) is 5.00. The number of likely N-dealkylation sites (N-methyl/N-ethyl adjacent to an activating group) is 1. The van der Waals surface area contributed by atoms with Gasteiger partial charge in [0.25, 0.3) is 0 Å². The molecule has 5 heteroatoms. The van der Waals surface area contributed by atoms with E-state index in [9.17, 15) is 0 Å². The van der Waals surface area contributed by atoms with Gasteiger partial charge in [-0.3, -0.25) is 0 Å². The van der Waals surface area contributed by atoms with Crippen molar-refractivity contribution in [2.24, 2.45) is 0 Å². The highest BCUT2D eigenvalue weighted by molar-refractivity contribution is 5.59. The van der Waals surface area contributed by atoms with E-state index in [0.717, 1.165) is 31.1 Å². The number of anilines is 1. The SMILES string of the molecule is CCN(CCO)c1ccc(CNCCOC)cc1OC. The number of hydrogen-bond acceptors (Lipinski definition) is 5. The van der Waals surface area contributed by atoms with Crippen LogP contribution in [0.1, 0.15) is 12.5 Å². The van der Waals surface area contributed by atoms with Crippen molar-refractivity contribution in [1.82, 2.24) is 5.32 Å². The average Bonchev–Trinajstić information content (AvgIpc) is 2.49. The lowest BCUT2D eigenvalue weighted by Crippen LogP contribution is -2.26. The number of ether oxygens (including phenoxy) is 2. The Labute approximate surface area is 121 Å². The smallest absolute Gasteiger partial charge is 0.142 e. The average molecular weight is 282 g/mol. The van der Waals surface area contributed by atoms with E-state index in [1.807, 2.05) is 12.1 Å². The van der Waals surface area contributed by atoms with E-state index < -0.39 is 0 Å². The van der Waals surface area contributed by atoms with E-state index in [0.29, 0.717) is 13.2 Å². The zero-order valence-corrected chi connectivity index (χ0v) is 12.7. The van der Waals surface area contributed by atoms with Gasteiger partial charge in [-0.2, -0.15) is 0 Å². The van der Waals surface area contributed by atoms with E-state index in [1.165, 1.54) is 5.56 Å². The molecule has 0 bridgehead atoms. The summed E-state index contributed by atoms with van der Waals surface area (Å²) in [6.07, 6.45) is 0. The minimum absolute atomic E-state index is 0.136. The van der Waals surface area contributed by atoms with Crippen LogP contribution in [-0.2, 0) is 11.3 Å². The molecule has 0 aliphatic rings. The van der Waals surface area contributed by atoms with Gasteiger partial charge in [0.1, 0.15) is 5.75 Å². The molecule has 1 rings (SSSR count). The zero-order chi connectivity index (χ0) is 14.8. The number of aliphatic hydroxyl groups is 1. The number of methoxy groups -OCH3 is 2. The van der Waals surface area contributed by atoms with Crippen LogP contribution in [-0.4, -0.2) is 52.2 Å². The number of nitrogens with one attached hydrogen (secondary N) is 1. The molecule has 0 aromatic heterocycles. The molecule has 0 amide bonds. The predicted molar refractivity (Wildman–Crippen MR) is 81.5 cm³/mol. The molecule has 0 spiro atoms. The van der Waals surface area contributed by atoms with Crippen LogP contribution in [0.2, 0.25) is 0 Å². The van der Waals surface area contributed by atoms with Gasteiger partial charge in [-0.1, -0.05) is 6.07 Å². The van der Waals surface area contributed by atoms with Gasteiger partial charge in [0, 0.05) is 33.3 Å². The second-order valence-corrected chi connectivity index (χ2v) is 4.48. The molecule has 0 aliphatic carbocycles. The van der Waals surface area contributed by atoms with Crippen LogP contribution in [0, 0.1) is 0 Å². The molecule has 0 aliphatic heterocycles. The molecule has 114 valence electrons.